The number of carbonyl (C=O) groups excluding carboxylic acids is 1. The minimum atomic E-state index is -1.06. The van der Waals surface area contributed by atoms with Crippen molar-refractivity contribution in [1.82, 2.24) is 24.8 Å². The lowest BCUT2D eigenvalue weighted by atomic mass is 10.1. The van der Waals surface area contributed by atoms with Crippen molar-refractivity contribution in [3.63, 3.8) is 0 Å². The molecule has 0 aliphatic heterocycles. The number of benzene rings is 2. The predicted molar refractivity (Wildman–Crippen MR) is 149 cm³/mol. The summed E-state index contributed by atoms with van der Waals surface area (Å²) >= 11 is 0. The Balaban J connectivity index is 1.42. The van der Waals surface area contributed by atoms with Crippen molar-refractivity contribution in [1.29, 1.82) is 0 Å². The lowest BCUT2D eigenvalue weighted by molar-refractivity contribution is -0.117. The molecule has 0 unspecified atom stereocenters. The molecule has 3 aromatic heterocycles. The maximum absolute atomic E-state index is 11.8. The molecule has 0 spiro atoms. The monoisotopic (exact) mass is 524 g/mol. The summed E-state index contributed by atoms with van der Waals surface area (Å²) in [4.78, 5) is 34.1. The highest BCUT2D eigenvalue weighted by molar-refractivity contribution is 6.07. The quantitative estimate of drug-likeness (QED) is 0.239. The minimum absolute atomic E-state index is 0.160. The molecule has 198 valence electrons. The Bertz CT molecular complexity index is 1670. The van der Waals surface area contributed by atoms with Crippen LogP contribution in [-0.4, -0.2) is 49.6 Å². The molecule has 5 aromatic rings. The lowest BCUT2D eigenvalue weighted by Crippen LogP contribution is -2.37. The molecule has 5 rings (SSSR count). The zero-order valence-corrected chi connectivity index (χ0v) is 21.4. The Morgan fingerprint density at radius 2 is 1.85 bits per heavy atom. The third-order valence-electron chi connectivity index (χ3n) is 6.45. The number of hydrogen-bond donors (Lipinski definition) is 3. The number of carboxylic acid groups (broad SMARTS) is 1. The van der Waals surface area contributed by atoms with Crippen molar-refractivity contribution in [3.05, 3.63) is 90.4 Å². The summed E-state index contributed by atoms with van der Waals surface area (Å²) in [7, 11) is 0. The molecule has 0 bridgehead atoms. The summed E-state index contributed by atoms with van der Waals surface area (Å²) in [5, 5.41) is 13.2. The Morgan fingerprint density at radius 3 is 2.54 bits per heavy atom. The fourth-order valence-electron chi connectivity index (χ4n) is 4.48. The highest BCUT2D eigenvalue weighted by atomic mass is 16.4. The molecular formula is C29H28N6O4. The van der Waals surface area contributed by atoms with Crippen LogP contribution in [0, 0.1) is 0 Å². The molecule has 2 aromatic carbocycles. The molecule has 0 aliphatic carbocycles. The molecule has 10 nitrogen and oxygen atoms in total. The first kappa shape index (κ1) is 25.5. The summed E-state index contributed by atoms with van der Waals surface area (Å²) in [6.45, 7) is 6.24. The number of anilines is 1. The first-order chi connectivity index (χ1) is 18.8. The molecule has 2 amide bonds. The van der Waals surface area contributed by atoms with E-state index in [1.807, 2.05) is 54.6 Å². The molecule has 39 heavy (non-hydrogen) atoms. The van der Waals surface area contributed by atoms with Gasteiger partial charge in [-0.3, -0.25) is 4.79 Å². The van der Waals surface area contributed by atoms with Gasteiger partial charge in [-0.1, -0.05) is 49.0 Å². The molecule has 10 heteroatoms. The largest absolute Gasteiger partial charge is 0.472 e. The molecule has 0 radical (unpaired) electrons. The van der Waals surface area contributed by atoms with Gasteiger partial charge in [0.2, 0.25) is 5.91 Å². The Hall–Kier alpha value is -5.12. The first-order valence-corrected chi connectivity index (χ1v) is 12.4. The third kappa shape index (κ3) is 5.30. The zero-order chi connectivity index (χ0) is 27.5. The van der Waals surface area contributed by atoms with Crippen LogP contribution in [-0.2, 0) is 17.9 Å². The molecule has 0 fully saturated rings. The van der Waals surface area contributed by atoms with Crippen molar-refractivity contribution in [3.8, 4) is 11.4 Å². The van der Waals surface area contributed by atoms with E-state index in [2.05, 4.69) is 21.4 Å². The van der Waals surface area contributed by atoms with E-state index < -0.39 is 6.09 Å². The predicted octanol–water partition coefficient (Wildman–Crippen LogP) is 4.65. The average molecular weight is 525 g/mol. The van der Waals surface area contributed by atoms with E-state index in [9.17, 15) is 14.7 Å². The van der Waals surface area contributed by atoms with Gasteiger partial charge in [0.25, 0.3) is 0 Å². The van der Waals surface area contributed by atoms with Crippen molar-refractivity contribution in [2.24, 2.45) is 0 Å². The van der Waals surface area contributed by atoms with Crippen LogP contribution >= 0.6 is 0 Å². The van der Waals surface area contributed by atoms with Gasteiger partial charge < -0.3 is 30.0 Å². The Morgan fingerprint density at radius 1 is 1.10 bits per heavy atom. The van der Waals surface area contributed by atoms with Crippen LogP contribution in [0.1, 0.15) is 18.1 Å². The molecule has 0 saturated heterocycles. The smallest absolute Gasteiger partial charge is 0.407 e. The number of nitrogens with zero attached hydrogens (tertiary/aromatic N) is 4. The Kier molecular flexibility index (Phi) is 7.00. The van der Waals surface area contributed by atoms with Crippen LogP contribution < -0.4 is 11.1 Å². The number of fused-ring (bicyclic) bond motifs is 3. The van der Waals surface area contributed by atoms with E-state index in [4.69, 9.17) is 15.1 Å². The van der Waals surface area contributed by atoms with E-state index >= 15 is 0 Å². The second-order valence-corrected chi connectivity index (χ2v) is 9.30. The van der Waals surface area contributed by atoms with Gasteiger partial charge in [0, 0.05) is 37.1 Å². The number of carbonyl (C=O) groups is 2. The number of furan rings is 1. The van der Waals surface area contributed by atoms with Crippen LogP contribution in [0.5, 0.6) is 0 Å². The summed E-state index contributed by atoms with van der Waals surface area (Å²) in [6.07, 6.45) is 2.19. The standard InChI is InChI=1S/C29H28N6O4/c1-18(2)28(36)31-12-13-34(29(37)38)15-19-7-9-20(10-8-19)16-35-25-22-5-3-4-6-23(22)32-26(30)24(25)33-27(35)21-11-14-39-17-21/h3-11,14,17H,1,12-13,15-16H2,2H3,(H2,30,32)(H,31,36)(H,37,38). The fraction of sp³-hybridized carbons (Fsp3) is 0.172. The number of nitrogen functional groups attached to an aromatic ring is 1. The van der Waals surface area contributed by atoms with E-state index in [1.165, 1.54) is 4.90 Å². The van der Waals surface area contributed by atoms with Crippen molar-refractivity contribution in [2.45, 2.75) is 20.0 Å². The molecule has 4 N–H and O–H groups in total. The number of pyridine rings is 1. The molecule has 0 aliphatic rings. The van der Waals surface area contributed by atoms with Gasteiger partial charge in [0.05, 0.1) is 22.9 Å². The number of imidazole rings is 1. The number of amides is 2. The SMILES string of the molecule is C=C(C)C(=O)NCCN(Cc1ccc(Cn2c(-c3ccoc3)nc3c(N)nc4ccccc4c32)cc1)C(=O)O. The van der Waals surface area contributed by atoms with Gasteiger partial charge in [-0.05, 0) is 30.2 Å². The van der Waals surface area contributed by atoms with E-state index in [0.717, 1.165) is 33.1 Å². The van der Waals surface area contributed by atoms with Crippen LogP contribution in [0.3, 0.4) is 0 Å². The average Bonchev–Trinajstić information content (AvgIpc) is 3.58. The van der Waals surface area contributed by atoms with Crippen LogP contribution in [0.4, 0.5) is 10.6 Å². The molecular weight excluding hydrogens is 496 g/mol. The normalized spacial score (nSPS) is 11.1. The highest BCUT2D eigenvalue weighted by Gasteiger charge is 2.19. The second-order valence-electron chi connectivity index (χ2n) is 9.30. The van der Waals surface area contributed by atoms with Crippen LogP contribution in [0.2, 0.25) is 0 Å². The van der Waals surface area contributed by atoms with Gasteiger partial charge in [0.15, 0.2) is 5.82 Å². The van der Waals surface area contributed by atoms with Gasteiger partial charge in [-0.2, -0.15) is 0 Å². The van der Waals surface area contributed by atoms with Crippen LogP contribution in [0.15, 0.2) is 83.7 Å². The number of para-hydroxylation sites is 1. The number of rotatable bonds is 9. The topological polar surface area (TPSA) is 140 Å². The molecule has 0 saturated carbocycles. The second kappa shape index (κ2) is 10.7. The fourth-order valence-corrected chi connectivity index (χ4v) is 4.48. The van der Waals surface area contributed by atoms with Gasteiger partial charge in [0.1, 0.15) is 17.6 Å². The first-order valence-electron chi connectivity index (χ1n) is 12.4. The van der Waals surface area contributed by atoms with E-state index in [1.54, 1.807) is 19.5 Å². The van der Waals surface area contributed by atoms with Gasteiger partial charge in [-0.15, -0.1) is 0 Å². The summed E-state index contributed by atoms with van der Waals surface area (Å²) in [6, 6.07) is 17.4. The Labute approximate surface area is 224 Å². The number of aromatic nitrogens is 3. The molecule has 0 atom stereocenters. The minimum Gasteiger partial charge on any atom is -0.472 e. The maximum Gasteiger partial charge on any atom is 0.407 e. The van der Waals surface area contributed by atoms with Crippen molar-refractivity contribution >= 4 is 39.8 Å². The number of nitrogens with one attached hydrogen (secondary N) is 1. The number of hydrogen-bond acceptors (Lipinski definition) is 6. The number of nitrogens with two attached hydrogens (primary N) is 1. The lowest BCUT2D eigenvalue weighted by Gasteiger charge is -2.20. The van der Waals surface area contributed by atoms with Gasteiger partial charge in [-0.25, -0.2) is 14.8 Å². The summed E-state index contributed by atoms with van der Waals surface area (Å²) < 4.78 is 7.43. The summed E-state index contributed by atoms with van der Waals surface area (Å²) in [5.41, 5.74) is 11.6. The third-order valence-corrected chi connectivity index (χ3v) is 6.45. The van der Waals surface area contributed by atoms with Crippen molar-refractivity contribution < 1.29 is 19.1 Å². The molecule has 3 heterocycles. The maximum atomic E-state index is 11.8. The van der Waals surface area contributed by atoms with Crippen LogP contribution in [0.25, 0.3) is 33.3 Å². The highest BCUT2D eigenvalue weighted by Crippen LogP contribution is 2.33. The zero-order valence-electron chi connectivity index (χ0n) is 21.4. The van der Waals surface area contributed by atoms with E-state index in [-0.39, 0.29) is 25.5 Å². The van der Waals surface area contributed by atoms with Crippen molar-refractivity contribution in [2.75, 3.05) is 18.8 Å². The van der Waals surface area contributed by atoms with Gasteiger partial charge >= 0.3 is 6.09 Å². The summed E-state index contributed by atoms with van der Waals surface area (Å²) in [5.74, 6) is 0.772. The van der Waals surface area contributed by atoms with E-state index in [0.29, 0.717) is 29.3 Å².